The lowest BCUT2D eigenvalue weighted by Gasteiger charge is -2.21. The third-order valence-electron chi connectivity index (χ3n) is 3.25. The molecular formula is C12H18N8S. The molecule has 112 valence electrons. The molecule has 1 aliphatic rings. The van der Waals surface area contributed by atoms with Crippen LogP contribution in [0.2, 0.25) is 0 Å². The Balaban J connectivity index is 1.73. The topological polar surface area (TPSA) is 107 Å². The van der Waals surface area contributed by atoms with Crippen molar-refractivity contribution in [2.24, 2.45) is 5.84 Å². The molecule has 9 heteroatoms. The van der Waals surface area contributed by atoms with Crippen molar-refractivity contribution < 1.29 is 0 Å². The molecule has 0 aliphatic carbocycles. The van der Waals surface area contributed by atoms with Gasteiger partial charge in [-0.1, -0.05) is 6.42 Å². The van der Waals surface area contributed by atoms with Gasteiger partial charge in [-0.3, -0.25) is 9.99 Å². The summed E-state index contributed by atoms with van der Waals surface area (Å²) in [5.41, 5.74) is 2.47. The average molecular weight is 306 g/mol. The molecule has 1 fully saturated rings. The van der Waals surface area contributed by atoms with Gasteiger partial charge in [0.15, 0.2) is 0 Å². The minimum absolute atomic E-state index is 0.326. The highest BCUT2D eigenvalue weighted by atomic mass is 32.2. The van der Waals surface area contributed by atoms with Crippen LogP contribution in [-0.2, 0) is 0 Å². The van der Waals surface area contributed by atoms with E-state index in [4.69, 9.17) is 5.84 Å². The first-order valence-electron chi connectivity index (χ1n) is 6.91. The Labute approximate surface area is 127 Å². The number of hydrazine groups is 1. The average Bonchev–Trinajstić information content (AvgIpc) is 3.08. The van der Waals surface area contributed by atoms with Crippen LogP contribution in [0.25, 0.3) is 5.95 Å². The Hall–Kier alpha value is -1.87. The van der Waals surface area contributed by atoms with Crippen molar-refractivity contribution in [1.82, 2.24) is 24.5 Å². The first-order valence-corrected chi connectivity index (χ1v) is 7.96. The van der Waals surface area contributed by atoms with E-state index in [1.54, 1.807) is 23.3 Å². The molecular weight excluding hydrogens is 288 g/mol. The molecule has 2 aromatic heterocycles. The smallest absolute Gasteiger partial charge is 0.243 e. The summed E-state index contributed by atoms with van der Waals surface area (Å²) in [5.74, 6) is 7.98. The van der Waals surface area contributed by atoms with Gasteiger partial charge >= 0.3 is 0 Å². The summed E-state index contributed by atoms with van der Waals surface area (Å²) in [6, 6.07) is 0. The van der Waals surface area contributed by atoms with E-state index in [0.717, 1.165) is 6.54 Å². The molecule has 0 radical (unpaired) electrons. The second-order valence-corrected chi connectivity index (χ2v) is 6.17. The van der Waals surface area contributed by atoms with E-state index in [2.05, 4.69) is 30.7 Å². The molecule has 4 N–H and O–H groups in total. The van der Waals surface area contributed by atoms with Gasteiger partial charge in [-0.15, -0.1) is 0 Å². The highest BCUT2D eigenvalue weighted by Gasteiger charge is 2.15. The molecule has 2 aromatic rings. The van der Waals surface area contributed by atoms with Gasteiger partial charge in [0.1, 0.15) is 6.33 Å². The van der Waals surface area contributed by atoms with Crippen molar-refractivity contribution in [3.63, 3.8) is 0 Å². The minimum atomic E-state index is 0.326. The SMILES string of the molecule is NNc1nc(NCC2CCCCS2)nc(-n2ccnc2)n1. The number of nitrogens with two attached hydrogens (primary N) is 1. The molecule has 0 saturated carbocycles. The van der Waals surface area contributed by atoms with Crippen molar-refractivity contribution >= 4 is 23.7 Å². The number of nitrogens with zero attached hydrogens (tertiary/aromatic N) is 5. The van der Waals surface area contributed by atoms with E-state index in [1.807, 2.05) is 11.8 Å². The summed E-state index contributed by atoms with van der Waals surface area (Å²) in [5, 5.41) is 3.89. The van der Waals surface area contributed by atoms with Gasteiger partial charge in [0, 0.05) is 24.2 Å². The lowest BCUT2D eigenvalue weighted by Crippen LogP contribution is -2.22. The molecule has 0 bridgehead atoms. The van der Waals surface area contributed by atoms with E-state index in [9.17, 15) is 0 Å². The van der Waals surface area contributed by atoms with Crippen LogP contribution in [0.1, 0.15) is 19.3 Å². The highest BCUT2D eigenvalue weighted by molar-refractivity contribution is 7.99. The van der Waals surface area contributed by atoms with E-state index in [0.29, 0.717) is 23.1 Å². The predicted molar refractivity (Wildman–Crippen MR) is 83.3 cm³/mol. The molecule has 3 heterocycles. The molecule has 1 unspecified atom stereocenters. The number of rotatable bonds is 5. The van der Waals surface area contributed by atoms with Gasteiger partial charge in [-0.25, -0.2) is 10.8 Å². The molecule has 0 aromatic carbocycles. The Kier molecular flexibility index (Phi) is 4.51. The maximum Gasteiger partial charge on any atom is 0.243 e. The second-order valence-electron chi connectivity index (χ2n) is 4.77. The van der Waals surface area contributed by atoms with Crippen molar-refractivity contribution in [3.8, 4) is 5.95 Å². The summed E-state index contributed by atoms with van der Waals surface area (Å²) < 4.78 is 1.71. The number of thioether (sulfide) groups is 1. The van der Waals surface area contributed by atoms with E-state index < -0.39 is 0 Å². The van der Waals surface area contributed by atoms with E-state index in [-0.39, 0.29) is 0 Å². The number of imidazole rings is 1. The van der Waals surface area contributed by atoms with Crippen LogP contribution in [0.3, 0.4) is 0 Å². The normalized spacial score (nSPS) is 18.4. The monoisotopic (exact) mass is 306 g/mol. The quantitative estimate of drug-likeness (QED) is 0.556. The first-order chi connectivity index (χ1) is 10.3. The summed E-state index contributed by atoms with van der Waals surface area (Å²) in [7, 11) is 0. The number of aromatic nitrogens is 5. The number of hydrogen-bond donors (Lipinski definition) is 3. The first kappa shape index (κ1) is 14.1. The van der Waals surface area contributed by atoms with Crippen molar-refractivity contribution in [1.29, 1.82) is 0 Å². The van der Waals surface area contributed by atoms with Gasteiger partial charge in [0.2, 0.25) is 17.8 Å². The van der Waals surface area contributed by atoms with Gasteiger partial charge in [0.25, 0.3) is 0 Å². The van der Waals surface area contributed by atoms with Gasteiger partial charge in [-0.05, 0) is 18.6 Å². The molecule has 0 spiro atoms. The van der Waals surface area contributed by atoms with Gasteiger partial charge in [-0.2, -0.15) is 26.7 Å². The third kappa shape index (κ3) is 3.61. The van der Waals surface area contributed by atoms with Gasteiger partial charge in [0.05, 0.1) is 0 Å². The van der Waals surface area contributed by atoms with E-state index in [1.165, 1.54) is 25.0 Å². The number of hydrogen-bond acceptors (Lipinski definition) is 8. The summed E-state index contributed by atoms with van der Waals surface area (Å²) in [4.78, 5) is 16.8. The molecule has 1 saturated heterocycles. The number of nitrogens with one attached hydrogen (secondary N) is 2. The molecule has 1 aliphatic heterocycles. The second kappa shape index (κ2) is 6.72. The predicted octanol–water partition coefficient (Wildman–Crippen LogP) is 1.04. The van der Waals surface area contributed by atoms with Crippen LogP contribution in [0, 0.1) is 0 Å². The number of nitrogen functional groups attached to an aromatic ring is 1. The van der Waals surface area contributed by atoms with Crippen LogP contribution < -0.4 is 16.6 Å². The molecule has 21 heavy (non-hydrogen) atoms. The Morgan fingerprint density at radius 1 is 1.29 bits per heavy atom. The maximum atomic E-state index is 5.42. The Morgan fingerprint density at radius 2 is 2.19 bits per heavy atom. The molecule has 8 nitrogen and oxygen atoms in total. The molecule has 3 rings (SSSR count). The van der Waals surface area contributed by atoms with Crippen LogP contribution in [0.15, 0.2) is 18.7 Å². The summed E-state index contributed by atoms with van der Waals surface area (Å²) in [6.45, 7) is 0.849. The maximum absolute atomic E-state index is 5.42. The lowest BCUT2D eigenvalue weighted by atomic mass is 10.2. The zero-order chi connectivity index (χ0) is 14.5. The third-order valence-corrected chi connectivity index (χ3v) is 4.65. The zero-order valence-electron chi connectivity index (χ0n) is 11.6. The Bertz CT molecular complexity index is 567. The van der Waals surface area contributed by atoms with Gasteiger partial charge < -0.3 is 5.32 Å². The van der Waals surface area contributed by atoms with Crippen molar-refractivity contribution in [2.75, 3.05) is 23.0 Å². The number of anilines is 2. The van der Waals surface area contributed by atoms with Crippen LogP contribution in [0.5, 0.6) is 0 Å². The van der Waals surface area contributed by atoms with Crippen LogP contribution >= 0.6 is 11.8 Å². The lowest BCUT2D eigenvalue weighted by molar-refractivity contribution is 0.675. The fourth-order valence-electron chi connectivity index (χ4n) is 2.17. The van der Waals surface area contributed by atoms with Crippen LogP contribution in [-0.4, -0.2) is 42.1 Å². The molecule has 1 atom stereocenters. The molecule has 0 amide bonds. The van der Waals surface area contributed by atoms with E-state index >= 15 is 0 Å². The summed E-state index contributed by atoms with van der Waals surface area (Å²) >= 11 is 2.01. The zero-order valence-corrected chi connectivity index (χ0v) is 12.4. The van der Waals surface area contributed by atoms with Crippen molar-refractivity contribution in [2.45, 2.75) is 24.5 Å². The fraction of sp³-hybridized carbons (Fsp3) is 0.500. The highest BCUT2D eigenvalue weighted by Crippen LogP contribution is 2.25. The standard InChI is InChI=1S/C12H18N8S/c13-19-11-16-10(15-7-9-3-1-2-6-21-9)17-12(18-11)20-5-4-14-8-20/h4-5,8-9H,1-3,6-7,13H2,(H2,15,16,17,18,19). The van der Waals surface area contributed by atoms with Crippen LogP contribution in [0.4, 0.5) is 11.9 Å². The Morgan fingerprint density at radius 3 is 2.90 bits per heavy atom. The minimum Gasteiger partial charge on any atom is -0.353 e. The summed E-state index contributed by atoms with van der Waals surface area (Å²) in [6.07, 6.45) is 8.93. The largest absolute Gasteiger partial charge is 0.353 e. The fourth-order valence-corrected chi connectivity index (χ4v) is 3.41. The van der Waals surface area contributed by atoms with Crippen molar-refractivity contribution in [3.05, 3.63) is 18.7 Å².